The van der Waals surface area contributed by atoms with Gasteiger partial charge < -0.3 is 9.80 Å². The third-order valence-corrected chi connectivity index (χ3v) is 7.08. The van der Waals surface area contributed by atoms with Gasteiger partial charge in [0.2, 0.25) is 10.0 Å². The number of nitrogens with zero attached hydrogens (tertiary/aromatic N) is 4. The highest BCUT2D eigenvalue weighted by molar-refractivity contribution is 7.92. The Morgan fingerprint density at radius 1 is 1.06 bits per heavy atom. The maximum atomic E-state index is 13.7. The first kappa shape index (κ1) is 21.8. The van der Waals surface area contributed by atoms with Crippen LogP contribution in [0.3, 0.4) is 0 Å². The minimum absolute atomic E-state index is 0.0768. The number of carbonyl (C=O) groups is 1. The molecule has 0 saturated carbocycles. The lowest BCUT2D eigenvalue weighted by molar-refractivity contribution is 0.0612. The van der Waals surface area contributed by atoms with E-state index in [0.29, 0.717) is 17.8 Å². The number of rotatable bonds is 5. The molecule has 5 rings (SSSR count). The fourth-order valence-corrected chi connectivity index (χ4v) is 5.28. The number of nitrogens with one attached hydrogen (secondary N) is 1. The van der Waals surface area contributed by atoms with Crippen LogP contribution in [0.15, 0.2) is 42.6 Å². The zero-order chi connectivity index (χ0) is 23.2. The molecule has 8 nitrogen and oxygen atoms in total. The third-order valence-electron chi connectivity index (χ3n) is 6.49. The highest BCUT2D eigenvalue weighted by Gasteiger charge is 2.31. The number of likely N-dealkylation sites (tertiary alicyclic amines) is 1. The first-order valence-corrected chi connectivity index (χ1v) is 13.3. The van der Waals surface area contributed by atoms with Gasteiger partial charge in [0.1, 0.15) is 5.82 Å². The zero-order valence-corrected chi connectivity index (χ0v) is 19.8. The van der Waals surface area contributed by atoms with Crippen LogP contribution in [0.2, 0.25) is 0 Å². The largest absolute Gasteiger partial charge is 0.355 e. The van der Waals surface area contributed by atoms with Crippen LogP contribution in [0.4, 0.5) is 11.5 Å². The van der Waals surface area contributed by atoms with E-state index in [1.54, 1.807) is 18.2 Å². The lowest BCUT2D eigenvalue weighted by Crippen LogP contribution is -2.38. The Morgan fingerprint density at radius 2 is 1.88 bits per heavy atom. The summed E-state index contributed by atoms with van der Waals surface area (Å²) in [5, 5.41) is 4.77. The van der Waals surface area contributed by atoms with E-state index >= 15 is 0 Å². The lowest BCUT2D eigenvalue weighted by atomic mass is 9.95. The van der Waals surface area contributed by atoms with Crippen molar-refractivity contribution in [2.75, 3.05) is 35.5 Å². The molecule has 1 amide bonds. The van der Waals surface area contributed by atoms with Crippen LogP contribution in [0.25, 0.3) is 5.52 Å². The number of aromatic nitrogens is 2. The van der Waals surface area contributed by atoms with Gasteiger partial charge in [0.15, 0.2) is 0 Å². The number of benzene rings is 1. The van der Waals surface area contributed by atoms with Gasteiger partial charge in [-0.2, -0.15) is 5.10 Å². The minimum Gasteiger partial charge on any atom is -0.355 e. The van der Waals surface area contributed by atoms with Crippen molar-refractivity contribution in [2.24, 2.45) is 0 Å². The summed E-state index contributed by atoms with van der Waals surface area (Å²) in [7, 11) is -3.50. The molecule has 0 spiro atoms. The second kappa shape index (κ2) is 8.37. The Hall–Kier alpha value is -3.07. The maximum absolute atomic E-state index is 13.7. The lowest BCUT2D eigenvalue weighted by Gasteiger charge is -2.36. The number of carbonyl (C=O) groups excluding carboxylic acids is 1. The van der Waals surface area contributed by atoms with Crippen LogP contribution >= 0.6 is 0 Å². The number of aryl methyl sites for hydroxylation is 1. The maximum Gasteiger partial charge on any atom is 0.256 e. The van der Waals surface area contributed by atoms with E-state index in [0.717, 1.165) is 61.1 Å². The number of sulfonamides is 1. The van der Waals surface area contributed by atoms with Gasteiger partial charge in [-0.25, -0.2) is 12.9 Å². The monoisotopic (exact) mass is 467 g/mol. The molecule has 1 unspecified atom stereocenters. The van der Waals surface area contributed by atoms with Crippen LogP contribution in [-0.2, 0) is 10.0 Å². The predicted octanol–water partition coefficient (Wildman–Crippen LogP) is 3.59. The van der Waals surface area contributed by atoms with Crippen molar-refractivity contribution in [3.05, 3.63) is 59.3 Å². The minimum atomic E-state index is -3.50. The summed E-state index contributed by atoms with van der Waals surface area (Å²) < 4.78 is 28.2. The molecule has 1 atom stereocenters. The van der Waals surface area contributed by atoms with Crippen LogP contribution < -0.4 is 9.62 Å². The van der Waals surface area contributed by atoms with Crippen LogP contribution in [0.1, 0.15) is 53.2 Å². The van der Waals surface area contributed by atoms with E-state index in [1.807, 2.05) is 22.5 Å². The van der Waals surface area contributed by atoms with Crippen molar-refractivity contribution in [1.82, 2.24) is 14.5 Å². The molecule has 9 heteroatoms. The molecule has 4 heterocycles. The fraction of sp³-hybridized carbons (Fsp3) is 0.417. The summed E-state index contributed by atoms with van der Waals surface area (Å²) in [6.45, 7) is 4.61. The SMILES string of the molecule is Cc1ccc(NS(C)(=O)=O)c(C(=O)N2CCCCC2c2cc3ccc(N4CCC4)nn3c2)c1. The topological polar surface area (TPSA) is 87.0 Å². The molecule has 3 aromatic rings. The van der Waals surface area contributed by atoms with E-state index in [-0.39, 0.29) is 11.9 Å². The number of fused-ring (bicyclic) bond motifs is 1. The van der Waals surface area contributed by atoms with Gasteiger partial charge in [0.05, 0.1) is 29.1 Å². The molecule has 1 N–H and O–H groups in total. The van der Waals surface area contributed by atoms with Gasteiger partial charge in [0, 0.05) is 25.8 Å². The Labute approximate surface area is 194 Å². The zero-order valence-electron chi connectivity index (χ0n) is 19.0. The normalized spacial score (nSPS) is 18.9. The molecule has 174 valence electrons. The quantitative estimate of drug-likeness (QED) is 0.620. The number of hydrogen-bond acceptors (Lipinski definition) is 5. The average molecular weight is 468 g/mol. The summed E-state index contributed by atoms with van der Waals surface area (Å²) in [6.07, 6.45) is 7.15. The molecule has 0 bridgehead atoms. The molecule has 0 radical (unpaired) electrons. The second-order valence-electron chi connectivity index (χ2n) is 9.11. The first-order valence-electron chi connectivity index (χ1n) is 11.4. The summed E-state index contributed by atoms with van der Waals surface area (Å²) in [5.74, 6) is 0.822. The van der Waals surface area contributed by atoms with E-state index in [4.69, 9.17) is 5.10 Å². The van der Waals surface area contributed by atoms with Crippen LogP contribution in [0.5, 0.6) is 0 Å². The number of piperidine rings is 1. The van der Waals surface area contributed by atoms with Gasteiger partial charge in [-0.15, -0.1) is 0 Å². The van der Waals surface area contributed by atoms with Crippen LogP contribution in [0, 0.1) is 6.92 Å². The van der Waals surface area contributed by atoms with Gasteiger partial charge in [0.25, 0.3) is 5.91 Å². The Kier molecular flexibility index (Phi) is 5.52. The molecule has 1 aromatic carbocycles. The summed E-state index contributed by atoms with van der Waals surface area (Å²) in [5.41, 5.74) is 3.67. The molecule has 2 saturated heterocycles. The van der Waals surface area contributed by atoms with E-state index in [9.17, 15) is 13.2 Å². The van der Waals surface area contributed by atoms with Crippen molar-refractivity contribution in [3.63, 3.8) is 0 Å². The van der Waals surface area contributed by atoms with Crippen molar-refractivity contribution < 1.29 is 13.2 Å². The summed E-state index contributed by atoms with van der Waals surface area (Å²) >= 11 is 0. The highest BCUT2D eigenvalue weighted by Crippen LogP contribution is 2.35. The standard InChI is InChI=1S/C24H29N5O3S/c1-17-7-9-21(26-33(2,31)32)20(14-17)24(30)28-13-4-3-6-22(28)18-15-19-8-10-23(25-29(19)16-18)27-11-5-12-27/h7-10,14-16,22,26H,3-6,11-13H2,1-2H3. The first-order chi connectivity index (χ1) is 15.8. The molecule has 2 fully saturated rings. The fourth-order valence-electron chi connectivity index (χ4n) is 4.70. The summed E-state index contributed by atoms with van der Waals surface area (Å²) in [4.78, 5) is 17.8. The van der Waals surface area contributed by atoms with Crippen molar-refractivity contribution >= 4 is 33.0 Å². The molecular formula is C24H29N5O3S. The van der Waals surface area contributed by atoms with Gasteiger partial charge in [-0.05, 0) is 68.5 Å². The number of anilines is 2. The van der Waals surface area contributed by atoms with Crippen molar-refractivity contribution in [3.8, 4) is 0 Å². The molecule has 2 aromatic heterocycles. The molecular weight excluding hydrogens is 438 g/mol. The molecule has 2 aliphatic rings. The Balaban J connectivity index is 1.48. The van der Waals surface area contributed by atoms with Gasteiger partial charge in [-0.3, -0.25) is 9.52 Å². The number of hydrogen-bond donors (Lipinski definition) is 1. The molecule has 2 aliphatic heterocycles. The molecule has 0 aliphatic carbocycles. The smallest absolute Gasteiger partial charge is 0.256 e. The number of amides is 1. The van der Waals surface area contributed by atoms with Crippen molar-refractivity contribution in [2.45, 2.75) is 38.6 Å². The van der Waals surface area contributed by atoms with E-state index in [1.165, 1.54) is 6.42 Å². The second-order valence-corrected chi connectivity index (χ2v) is 10.9. The third kappa shape index (κ3) is 4.42. The Bertz CT molecular complexity index is 1310. The van der Waals surface area contributed by atoms with Crippen molar-refractivity contribution in [1.29, 1.82) is 0 Å². The van der Waals surface area contributed by atoms with Gasteiger partial charge >= 0.3 is 0 Å². The highest BCUT2D eigenvalue weighted by atomic mass is 32.2. The van der Waals surface area contributed by atoms with E-state index < -0.39 is 10.0 Å². The van der Waals surface area contributed by atoms with E-state index in [2.05, 4.69) is 27.8 Å². The predicted molar refractivity (Wildman–Crippen MR) is 129 cm³/mol. The van der Waals surface area contributed by atoms with Gasteiger partial charge in [-0.1, -0.05) is 11.6 Å². The van der Waals surface area contributed by atoms with Crippen LogP contribution in [-0.4, -0.2) is 54.7 Å². The summed E-state index contributed by atoms with van der Waals surface area (Å²) in [6, 6.07) is 11.4. The Morgan fingerprint density at radius 3 is 2.61 bits per heavy atom. The molecule has 33 heavy (non-hydrogen) atoms. The average Bonchev–Trinajstić information content (AvgIpc) is 3.16.